The van der Waals surface area contributed by atoms with E-state index in [2.05, 4.69) is 20.7 Å². The Balaban J connectivity index is 3.87. The van der Waals surface area contributed by atoms with E-state index in [0.717, 1.165) is 0 Å². The van der Waals surface area contributed by atoms with Crippen LogP contribution in [-0.4, -0.2) is 17.3 Å². The minimum Gasteiger partial charge on any atom is -0.315 e. The van der Waals surface area contributed by atoms with Crippen LogP contribution in [0.4, 0.5) is 13.2 Å². The van der Waals surface area contributed by atoms with Gasteiger partial charge in [-0.05, 0) is 29.8 Å². The van der Waals surface area contributed by atoms with Crippen molar-refractivity contribution >= 4 is 15.9 Å². The molecule has 1 nitrogen and oxygen atoms in total. The lowest BCUT2D eigenvalue weighted by Crippen LogP contribution is -2.31. The van der Waals surface area contributed by atoms with Crippen molar-refractivity contribution in [3.05, 3.63) is 0 Å². The van der Waals surface area contributed by atoms with Gasteiger partial charge in [0.2, 0.25) is 5.08 Å². The largest absolute Gasteiger partial charge is 0.397 e. The Kier molecular flexibility index (Phi) is 3.65. The van der Waals surface area contributed by atoms with Gasteiger partial charge in [0.05, 0.1) is 6.10 Å². The second-order valence-corrected chi connectivity index (χ2v) is 2.83. The van der Waals surface area contributed by atoms with Crippen LogP contribution in [0.3, 0.4) is 0 Å². The van der Waals surface area contributed by atoms with Crippen LogP contribution >= 0.6 is 15.9 Å². The van der Waals surface area contributed by atoms with E-state index in [9.17, 15) is 13.2 Å². The van der Waals surface area contributed by atoms with Crippen LogP contribution in [0.5, 0.6) is 0 Å². The van der Waals surface area contributed by atoms with Crippen LogP contribution in [0.2, 0.25) is 0 Å². The fourth-order valence-corrected chi connectivity index (χ4v) is 0.474. The minimum absolute atomic E-state index is 0.689. The van der Waals surface area contributed by atoms with Gasteiger partial charge in [-0.1, -0.05) is 0 Å². The second-order valence-electron chi connectivity index (χ2n) is 2.03. The van der Waals surface area contributed by atoms with Gasteiger partial charge in [0, 0.05) is 0 Å². The summed E-state index contributed by atoms with van der Waals surface area (Å²) in [5.41, 5.74) is 0. The highest BCUT2D eigenvalue weighted by Crippen LogP contribution is 2.28. The molecule has 1 unspecified atom stereocenters. The summed E-state index contributed by atoms with van der Waals surface area (Å²) < 4.78 is 40.1. The molecule has 0 amide bonds. The first kappa shape index (κ1) is 10.2. The Bertz CT molecular complexity index is 105. The molecule has 0 aromatic heterocycles. The molecule has 5 heteroatoms. The van der Waals surface area contributed by atoms with Gasteiger partial charge >= 0.3 is 6.11 Å². The molecule has 0 heterocycles. The Morgan fingerprint density at radius 2 is 1.80 bits per heavy atom. The predicted octanol–water partition coefficient (Wildman–Crippen LogP) is 2.69. The average Bonchev–Trinajstić information content (AvgIpc) is 1.60. The molecule has 0 rings (SSSR count). The van der Waals surface area contributed by atoms with E-state index >= 15 is 0 Å². The van der Waals surface area contributed by atoms with Gasteiger partial charge in [0.25, 0.3) is 0 Å². The minimum atomic E-state index is -3.73. The molecule has 0 fully saturated rings. The first-order valence-electron chi connectivity index (χ1n) is 2.70. The normalized spacial score (nSPS) is 15.9. The first-order chi connectivity index (χ1) is 4.36. The zero-order valence-electron chi connectivity index (χ0n) is 5.57. The topological polar surface area (TPSA) is 9.23 Å². The van der Waals surface area contributed by atoms with Crippen molar-refractivity contribution in [3.8, 4) is 0 Å². The van der Waals surface area contributed by atoms with E-state index in [0.29, 0.717) is 0 Å². The smallest absolute Gasteiger partial charge is 0.315 e. The number of ether oxygens (including phenoxy) is 1. The number of rotatable bonds is 3. The standard InChI is InChI=1S/C5H8BrF3O/c1-3(2)10-5(8,9)4(6)7/h3-4H,1-2H3. The summed E-state index contributed by atoms with van der Waals surface area (Å²) in [6.07, 6.45) is -4.42. The summed E-state index contributed by atoms with van der Waals surface area (Å²) in [6, 6.07) is 0. The fourth-order valence-electron chi connectivity index (χ4n) is 0.366. The lowest BCUT2D eigenvalue weighted by atomic mass is 10.5. The maximum Gasteiger partial charge on any atom is 0.397 e. The Hall–Kier alpha value is 0.230. The lowest BCUT2D eigenvalue weighted by molar-refractivity contribution is -0.269. The summed E-state index contributed by atoms with van der Waals surface area (Å²) in [5, 5.41) is -2.44. The van der Waals surface area contributed by atoms with Crippen molar-refractivity contribution in [1.82, 2.24) is 0 Å². The number of alkyl halides is 4. The van der Waals surface area contributed by atoms with Crippen LogP contribution < -0.4 is 0 Å². The Morgan fingerprint density at radius 3 is 1.90 bits per heavy atom. The highest BCUT2D eigenvalue weighted by molar-refractivity contribution is 9.09. The van der Waals surface area contributed by atoms with Crippen molar-refractivity contribution in [3.63, 3.8) is 0 Å². The Morgan fingerprint density at radius 1 is 1.40 bits per heavy atom. The van der Waals surface area contributed by atoms with E-state index in [1.54, 1.807) is 0 Å². The maximum absolute atomic E-state index is 12.2. The summed E-state index contributed by atoms with van der Waals surface area (Å²) in [5.74, 6) is 0. The molecule has 0 aliphatic rings. The second kappa shape index (κ2) is 3.57. The van der Waals surface area contributed by atoms with E-state index in [1.807, 2.05) is 0 Å². The first-order valence-corrected chi connectivity index (χ1v) is 3.61. The summed E-state index contributed by atoms with van der Waals surface area (Å²) in [4.78, 5) is 0. The molecule has 62 valence electrons. The monoisotopic (exact) mass is 220 g/mol. The van der Waals surface area contributed by atoms with Gasteiger partial charge in [0.1, 0.15) is 0 Å². The van der Waals surface area contributed by atoms with E-state index < -0.39 is 17.3 Å². The fraction of sp³-hybridized carbons (Fsp3) is 1.00. The molecule has 0 aliphatic heterocycles. The van der Waals surface area contributed by atoms with E-state index in [-0.39, 0.29) is 0 Å². The van der Waals surface area contributed by atoms with Gasteiger partial charge in [0.15, 0.2) is 0 Å². The molecule has 0 saturated carbocycles. The third-order valence-corrected chi connectivity index (χ3v) is 1.18. The molecule has 0 spiro atoms. The van der Waals surface area contributed by atoms with Crippen LogP contribution in [0.25, 0.3) is 0 Å². The lowest BCUT2D eigenvalue weighted by Gasteiger charge is -2.18. The molecular weight excluding hydrogens is 213 g/mol. The van der Waals surface area contributed by atoms with Gasteiger partial charge in [-0.15, -0.1) is 0 Å². The van der Waals surface area contributed by atoms with Crippen LogP contribution in [0.1, 0.15) is 13.8 Å². The molecular formula is C5H8BrF3O. The Labute approximate surface area is 65.7 Å². The zero-order valence-corrected chi connectivity index (χ0v) is 7.16. The highest BCUT2D eigenvalue weighted by Gasteiger charge is 2.40. The van der Waals surface area contributed by atoms with Crippen LogP contribution in [0.15, 0.2) is 0 Å². The van der Waals surface area contributed by atoms with Crippen LogP contribution in [0, 0.1) is 0 Å². The number of hydrogen-bond donors (Lipinski definition) is 0. The molecule has 0 aromatic carbocycles. The highest BCUT2D eigenvalue weighted by atomic mass is 79.9. The van der Waals surface area contributed by atoms with Gasteiger partial charge in [-0.2, -0.15) is 8.78 Å². The van der Waals surface area contributed by atoms with Gasteiger partial charge in [-0.3, -0.25) is 0 Å². The summed E-state index contributed by atoms with van der Waals surface area (Å²) >= 11 is 2.08. The molecule has 0 N–H and O–H groups in total. The molecule has 0 aromatic rings. The zero-order chi connectivity index (χ0) is 8.36. The maximum atomic E-state index is 12.2. The third kappa shape index (κ3) is 3.41. The van der Waals surface area contributed by atoms with Crippen molar-refractivity contribution in [2.24, 2.45) is 0 Å². The molecule has 0 aliphatic carbocycles. The SMILES string of the molecule is CC(C)OC(F)(F)C(F)Br. The molecule has 0 saturated heterocycles. The van der Waals surface area contributed by atoms with Crippen molar-refractivity contribution in [1.29, 1.82) is 0 Å². The van der Waals surface area contributed by atoms with E-state index in [1.165, 1.54) is 13.8 Å². The molecule has 0 bridgehead atoms. The van der Waals surface area contributed by atoms with Crippen molar-refractivity contribution in [2.45, 2.75) is 31.1 Å². The molecule has 10 heavy (non-hydrogen) atoms. The van der Waals surface area contributed by atoms with Gasteiger partial charge in [-0.25, -0.2) is 4.39 Å². The van der Waals surface area contributed by atoms with Crippen molar-refractivity contribution < 1.29 is 17.9 Å². The molecule has 1 atom stereocenters. The van der Waals surface area contributed by atoms with Crippen LogP contribution in [-0.2, 0) is 4.74 Å². The molecule has 0 radical (unpaired) electrons. The predicted molar refractivity (Wildman–Crippen MR) is 35.0 cm³/mol. The number of hydrogen-bond acceptors (Lipinski definition) is 1. The summed E-state index contributed by atoms with van der Waals surface area (Å²) in [6.45, 7) is 2.81. The quantitative estimate of drug-likeness (QED) is 0.665. The summed E-state index contributed by atoms with van der Waals surface area (Å²) in [7, 11) is 0. The van der Waals surface area contributed by atoms with Crippen molar-refractivity contribution in [2.75, 3.05) is 0 Å². The van der Waals surface area contributed by atoms with Gasteiger partial charge < -0.3 is 4.74 Å². The number of halogens is 4. The third-order valence-electron chi connectivity index (χ3n) is 0.647. The van der Waals surface area contributed by atoms with E-state index in [4.69, 9.17) is 0 Å². The average molecular weight is 221 g/mol.